The Balaban J connectivity index is 1.05. The van der Waals surface area contributed by atoms with Crippen LogP contribution < -0.4 is 52.4 Å². The molecule has 9 aromatic carbocycles. The van der Waals surface area contributed by atoms with Gasteiger partial charge in [-0.1, -0.05) is 152 Å². The Bertz CT molecular complexity index is 3560. The highest BCUT2D eigenvalue weighted by molar-refractivity contribution is 7.23. The Morgan fingerprint density at radius 1 is 0.314 bits per heavy atom. The molecule has 6 heterocycles. The molecule has 0 radical (unpaired) electrons. The molecule has 0 saturated carbocycles. The average molecular weight is 911 g/mol. The average Bonchev–Trinajstić information content (AvgIpc) is 4.08. The molecule has 326 valence electrons. The number of nitrogens with zero attached hydrogens (tertiary/aromatic N) is 4. The first kappa shape index (κ1) is 39.3. The smallest absolute Gasteiger partial charge is 0.256 e. The lowest BCUT2D eigenvalue weighted by atomic mass is 9.30. The van der Waals surface area contributed by atoms with E-state index >= 15 is 0 Å². The van der Waals surface area contributed by atoms with Crippen LogP contribution in [-0.4, -0.2) is 13.4 Å². The number of thiophene rings is 1. The summed E-state index contributed by atoms with van der Waals surface area (Å²) in [6.45, 7) is -0.208. The monoisotopic (exact) mass is 910 g/mol. The Kier molecular flexibility index (Phi) is 8.65. The molecule has 0 fully saturated rings. The molecule has 0 amide bonds. The Morgan fingerprint density at radius 2 is 0.729 bits per heavy atom. The zero-order chi connectivity index (χ0) is 45.9. The van der Waals surface area contributed by atoms with E-state index in [0.717, 1.165) is 62.5 Å². The van der Waals surface area contributed by atoms with Gasteiger partial charge in [-0.25, -0.2) is 0 Å². The SMILES string of the molecule is c1ccc(-c2cc3c(o2)N(c2ccccc2)c2cccc4c2B3c2cc3c(cc2N4c2ccccc2)N(c2ccccc2)c2cccc4c2B3c2cc(-c3ccccc3)sc2N4c2ccccc2)cc1. The van der Waals surface area contributed by atoms with Crippen molar-refractivity contribution in [2.75, 3.05) is 19.6 Å². The fourth-order valence-electron chi connectivity index (χ4n) is 11.8. The predicted octanol–water partition coefficient (Wildman–Crippen LogP) is 12.8. The third kappa shape index (κ3) is 5.74. The van der Waals surface area contributed by atoms with Crippen LogP contribution in [0.25, 0.3) is 21.8 Å². The summed E-state index contributed by atoms with van der Waals surface area (Å²) in [7, 11) is 0. The molecular weight excluding hydrogens is 870 g/mol. The number of furan rings is 1. The first-order valence-electron chi connectivity index (χ1n) is 24.0. The summed E-state index contributed by atoms with van der Waals surface area (Å²) in [5.41, 5.74) is 21.2. The molecule has 0 N–H and O–H groups in total. The van der Waals surface area contributed by atoms with Crippen LogP contribution in [0.3, 0.4) is 0 Å². The van der Waals surface area contributed by atoms with Crippen molar-refractivity contribution in [3.63, 3.8) is 0 Å². The molecule has 0 unspecified atom stereocenters. The van der Waals surface area contributed by atoms with E-state index in [4.69, 9.17) is 4.42 Å². The minimum Gasteiger partial charge on any atom is -0.440 e. The maximum absolute atomic E-state index is 7.18. The quantitative estimate of drug-likeness (QED) is 0.155. The number of benzene rings is 9. The number of hydrogen-bond acceptors (Lipinski definition) is 6. The second kappa shape index (κ2) is 15.4. The molecule has 4 aliphatic heterocycles. The summed E-state index contributed by atoms with van der Waals surface area (Å²) < 4.78 is 7.18. The number of para-hydroxylation sites is 4. The lowest BCUT2D eigenvalue weighted by molar-refractivity contribution is 0.590. The van der Waals surface area contributed by atoms with Gasteiger partial charge in [0, 0.05) is 67.3 Å². The van der Waals surface area contributed by atoms with E-state index in [1.807, 2.05) is 11.3 Å². The second-order valence-corrected chi connectivity index (χ2v) is 19.4. The van der Waals surface area contributed by atoms with Crippen LogP contribution in [0.4, 0.5) is 67.8 Å². The molecule has 70 heavy (non-hydrogen) atoms. The topological polar surface area (TPSA) is 26.1 Å². The van der Waals surface area contributed by atoms with Crippen LogP contribution in [0, 0.1) is 0 Å². The first-order chi connectivity index (χ1) is 34.8. The van der Waals surface area contributed by atoms with Crippen molar-refractivity contribution in [1.29, 1.82) is 0 Å². The predicted molar refractivity (Wildman–Crippen MR) is 296 cm³/mol. The maximum atomic E-state index is 7.18. The molecule has 4 aliphatic rings. The molecule has 2 aromatic heterocycles. The fraction of sp³-hybridized carbons (Fsp3) is 0. The third-order valence-electron chi connectivity index (χ3n) is 14.6. The zero-order valence-electron chi connectivity index (χ0n) is 37.9. The van der Waals surface area contributed by atoms with Gasteiger partial charge < -0.3 is 19.1 Å². The zero-order valence-corrected chi connectivity index (χ0v) is 38.7. The number of rotatable bonds is 6. The fourth-order valence-corrected chi connectivity index (χ4v) is 13.0. The third-order valence-corrected chi connectivity index (χ3v) is 15.8. The first-order valence-corrected chi connectivity index (χ1v) is 24.8. The highest BCUT2D eigenvalue weighted by Gasteiger charge is 2.49. The lowest BCUT2D eigenvalue weighted by Crippen LogP contribution is -2.64. The lowest BCUT2D eigenvalue weighted by Gasteiger charge is -2.46. The summed E-state index contributed by atoms with van der Waals surface area (Å²) in [4.78, 5) is 11.1. The van der Waals surface area contributed by atoms with E-state index in [0.29, 0.717) is 0 Å². The second-order valence-electron chi connectivity index (χ2n) is 18.4. The number of hydrogen-bond donors (Lipinski definition) is 0. The molecule has 0 aliphatic carbocycles. The molecule has 0 saturated heterocycles. The molecule has 0 atom stereocenters. The van der Waals surface area contributed by atoms with Gasteiger partial charge in [0.25, 0.3) is 13.4 Å². The van der Waals surface area contributed by atoms with Crippen molar-refractivity contribution in [3.05, 3.63) is 243 Å². The van der Waals surface area contributed by atoms with Crippen molar-refractivity contribution < 1.29 is 4.42 Å². The van der Waals surface area contributed by atoms with Gasteiger partial charge in [0.1, 0.15) is 5.76 Å². The van der Waals surface area contributed by atoms with Gasteiger partial charge in [-0.2, -0.15) is 0 Å². The van der Waals surface area contributed by atoms with Crippen molar-refractivity contribution in [1.82, 2.24) is 0 Å². The Hall–Kier alpha value is -8.71. The molecule has 0 bridgehead atoms. The summed E-state index contributed by atoms with van der Waals surface area (Å²) in [6, 6.07) is 88.5. The van der Waals surface area contributed by atoms with E-state index < -0.39 is 0 Å². The summed E-state index contributed by atoms with van der Waals surface area (Å²) in [5, 5.41) is 1.25. The van der Waals surface area contributed by atoms with Gasteiger partial charge in [-0.3, -0.25) is 4.90 Å². The molecule has 5 nitrogen and oxygen atoms in total. The normalized spacial score (nSPS) is 13.5. The Labute approximate surface area is 411 Å². The van der Waals surface area contributed by atoms with Crippen molar-refractivity contribution in [2.45, 2.75) is 0 Å². The standard InChI is InChI=1S/C62H40B2N4OS/c1-7-21-41(22-8-1)57-38-49-61(69-57)67(45-29-15-5-16-30-45)53-35-19-33-51-59(53)63(49)47-37-48-56(40-55(47)65(51)43-25-11-3-12-26-43)66(44-27-13-4-14-28-44)52-34-20-36-54-60(52)64(48)50-39-58(42-23-9-2-10-24-42)70-62(50)68(54)46-31-17-6-18-32-46/h1-40H. The van der Waals surface area contributed by atoms with Gasteiger partial charge in [0.15, 0.2) is 5.88 Å². The summed E-state index contributed by atoms with van der Waals surface area (Å²) in [5.74, 6) is 1.70. The van der Waals surface area contributed by atoms with Gasteiger partial charge in [-0.15, -0.1) is 11.3 Å². The molecular formula is C62H40B2N4OS. The minimum absolute atomic E-state index is 0.0648. The summed E-state index contributed by atoms with van der Waals surface area (Å²) in [6.07, 6.45) is 0. The highest BCUT2D eigenvalue weighted by atomic mass is 32.1. The largest absolute Gasteiger partial charge is 0.440 e. The van der Waals surface area contributed by atoms with E-state index in [1.165, 1.54) is 59.8 Å². The van der Waals surface area contributed by atoms with E-state index in [-0.39, 0.29) is 13.4 Å². The Morgan fingerprint density at radius 3 is 1.24 bits per heavy atom. The number of fused-ring (bicyclic) bond motifs is 8. The van der Waals surface area contributed by atoms with Gasteiger partial charge >= 0.3 is 0 Å². The van der Waals surface area contributed by atoms with Crippen LogP contribution in [0.5, 0.6) is 0 Å². The van der Waals surface area contributed by atoms with Crippen LogP contribution in [0.2, 0.25) is 0 Å². The van der Waals surface area contributed by atoms with Gasteiger partial charge in [0.2, 0.25) is 0 Å². The van der Waals surface area contributed by atoms with E-state index in [9.17, 15) is 0 Å². The molecule has 15 rings (SSSR count). The van der Waals surface area contributed by atoms with E-state index in [2.05, 4.69) is 262 Å². The van der Waals surface area contributed by atoms with Gasteiger partial charge in [-0.05, 0) is 129 Å². The van der Waals surface area contributed by atoms with E-state index in [1.54, 1.807) is 0 Å². The van der Waals surface area contributed by atoms with Crippen molar-refractivity contribution in [3.8, 4) is 21.8 Å². The summed E-state index contributed by atoms with van der Waals surface area (Å²) >= 11 is 1.88. The van der Waals surface area contributed by atoms with Crippen LogP contribution in [0.15, 0.2) is 247 Å². The highest BCUT2D eigenvalue weighted by Crippen LogP contribution is 2.50. The van der Waals surface area contributed by atoms with Crippen molar-refractivity contribution >= 4 is 125 Å². The maximum Gasteiger partial charge on any atom is 0.256 e. The van der Waals surface area contributed by atoms with Gasteiger partial charge in [0.05, 0.1) is 5.00 Å². The number of anilines is 12. The molecule has 11 aromatic rings. The van der Waals surface area contributed by atoms with Crippen LogP contribution in [-0.2, 0) is 0 Å². The molecule has 8 heteroatoms. The van der Waals surface area contributed by atoms with Crippen LogP contribution >= 0.6 is 11.3 Å². The molecule has 0 spiro atoms. The minimum atomic E-state index is -0.143. The van der Waals surface area contributed by atoms with Crippen molar-refractivity contribution in [2.24, 2.45) is 0 Å². The van der Waals surface area contributed by atoms with Crippen LogP contribution in [0.1, 0.15) is 0 Å².